The molecule has 16 heavy (non-hydrogen) atoms. The maximum absolute atomic E-state index is 11.2. The molecule has 0 aliphatic rings. The van der Waals surface area contributed by atoms with Crippen LogP contribution in [0.2, 0.25) is 0 Å². The summed E-state index contributed by atoms with van der Waals surface area (Å²) in [5, 5.41) is 5.76. The lowest BCUT2D eigenvalue weighted by Gasteiger charge is -2.06. The lowest BCUT2D eigenvalue weighted by molar-refractivity contribution is -0.120. The van der Waals surface area contributed by atoms with Gasteiger partial charge in [0.25, 0.3) is 0 Å². The van der Waals surface area contributed by atoms with Gasteiger partial charge in [0.05, 0.1) is 6.54 Å². The summed E-state index contributed by atoms with van der Waals surface area (Å²) in [7, 11) is 0. The monoisotopic (exact) mass is 228 g/mol. The summed E-state index contributed by atoms with van der Waals surface area (Å²) < 4.78 is 5.37. The summed E-state index contributed by atoms with van der Waals surface area (Å²) in [6.45, 7) is 8.94. The van der Waals surface area contributed by atoms with E-state index in [1.165, 1.54) is 0 Å². The van der Waals surface area contributed by atoms with Crippen LogP contribution in [0.4, 0.5) is 0 Å². The van der Waals surface area contributed by atoms with Gasteiger partial charge in [-0.05, 0) is 12.8 Å². The van der Waals surface area contributed by atoms with E-state index in [9.17, 15) is 4.79 Å². The molecule has 0 saturated heterocycles. The van der Waals surface area contributed by atoms with Crippen molar-refractivity contribution < 1.29 is 9.53 Å². The molecule has 0 rings (SSSR count). The Bertz CT molecular complexity index is 184. The smallest absolute Gasteiger partial charge is 0.233 e. The maximum Gasteiger partial charge on any atom is 0.233 e. The first-order valence-corrected chi connectivity index (χ1v) is 5.97. The van der Waals surface area contributed by atoms with Crippen LogP contribution in [0.3, 0.4) is 0 Å². The lowest BCUT2D eigenvalue weighted by Crippen LogP contribution is -2.34. The fraction of sp³-hybridized carbons (Fsp3) is 0.750. The summed E-state index contributed by atoms with van der Waals surface area (Å²) in [4.78, 5) is 11.2. The van der Waals surface area contributed by atoms with Crippen molar-refractivity contribution in [1.82, 2.24) is 10.6 Å². The van der Waals surface area contributed by atoms with E-state index in [-0.39, 0.29) is 5.91 Å². The van der Waals surface area contributed by atoms with Crippen LogP contribution in [0.25, 0.3) is 0 Å². The Morgan fingerprint density at radius 2 is 2.12 bits per heavy atom. The first-order chi connectivity index (χ1) is 7.81. The van der Waals surface area contributed by atoms with Gasteiger partial charge in [0, 0.05) is 26.3 Å². The molecule has 0 aliphatic heterocycles. The van der Waals surface area contributed by atoms with E-state index in [0.717, 1.165) is 32.5 Å². The van der Waals surface area contributed by atoms with Gasteiger partial charge in [-0.2, -0.15) is 0 Å². The van der Waals surface area contributed by atoms with Gasteiger partial charge >= 0.3 is 0 Å². The largest absolute Gasteiger partial charge is 0.381 e. The molecular formula is C12H24N2O2. The highest BCUT2D eigenvalue weighted by molar-refractivity contribution is 5.77. The highest BCUT2D eigenvalue weighted by atomic mass is 16.5. The Kier molecular flexibility index (Phi) is 11.5. The van der Waals surface area contributed by atoms with E-state index < -0.39 is 0 Å². The standard InChI is InChI=1S/C12H24N2O2/c1-3-5-9-16-10-6-8-14-12(15)11-13-7-4-2/h4,13H,2-3,5-11H2,1H3,(H,14,15). The van der Waals surface area contributed by atoms with E-state index in [2.05, 4.69) is 24.1 Å². The van der Waals surface area contributed by atoms with Crippen LogP contribution in [0.1, 0.15) is 26.2 Å². The molecule has 0 aliphatic carbocycles. The molecule has 0 atom stereocenters. The summed E-state index contributed by atoms with van der Waals surface area (Å²) in [5.41, 5.74) is 0. The fourth-order valence-corrected chi connectivity index (χ4v) is 1.10. The third-order valence-corrected chi connectivity index (χ3v) is 2.00. The zero-order valence-corrected chi connectivity index (χ0v) is 10.3. The van der Waals surface area contributed by atoms with E-state index in [0.29, 0.717) is 19.6 Å². The van der Waals surface area contributed by atoms with Crippen molar-refractivity contribution in [2.24, 2.45) is 0 Å². The van der Waals surface area contributed by atoms with Crippen molar-refractivity contribution in [3.8, 4) is 0 Å². The zero-order valence-electron chi connectivity index (χ0n) is 10.3. The summed E-state index contributed by atoms with van der Waals surface area (Å²) in [6, 6.07) is 0. The van der Waals surface area contributed by atoms with Crippen molar-refractivity contribution in [2.75, 3.05) is 32.8 Å². The van der Waals surface area contributed by atoms with Gasteiger partial charge in [-0.25, -0.2) is 0 Å². The minimum Gasteiger partial charge on any atom is -0.381 e. The summed E-state index contributed by atoms with van der Waals surface area (Å²) in [6.07, 6.45) is 4.87. The molecule has 94 valence electrons. The van der Waals surface area contributed by atoms with Crippen molar-refractivity contribution in [3.63, 3.8) is 0 Å². The Hall–Kier alpha value is -0.870. The average molecular weight is 228 g/mol. The van der Waals surface area contributed by atoms with Crippen LogP contribution in [-0.2, 0) is 9.53 Å². The van der Waals surface area contributed by atoms with E-state index in [1.807, 2.05) is 0 Å². The van der Waals surface area contributed by atoms with Crippen molar-refractivity contribution in [3.05, 3.63) is 12.7 Å². The van der Waals surface area contributed by atoms with Crippen molar-refractivity contribution in [1.29, 1.82) is 0 Å². The number of nitrogens with one attached hydrogen (secondary N) is 2. The third kappa shape index (κ3) is 11.2. The van der Waals surface area contributed by atoms with E-state index in [4.69, 9.17) is 4.74 Å². The number of hydrogen-bond donors (Lipinski definition) is 2. The molecule has 0 saturated carbocycles. The molecule has 0 bridgehead atoms. The predicted molar refractivity (Wildman–Crippen MR) is 66.4 cm³/mol. The number of ether oxygens (including phenoxy) is 1. The van der Waals surface area contributed by atoms with Gasteiger partial charge in [0.15, 0.2) is 0 Å². The van der Waals surface area contributed by atoms with Crippen LogP contribution in [0, 0.1) is 0 Å². The highest BCUT2D eigenvalue weighted by Crippen LogP contribution is 1.88. The van der Waals surface area contributed by atoms with Gasteiger partial charge in [-0.1, -0.05) is 19.4 Å². The van der Waals surface area contributed by atoms with Crippen LogP contribution in [0.15, 0.2) is 12.7 Å². The highest BCUT2D eigenvalue weighted by Gasteiger charge is 1.97. The van der Waals surface area contributed by atoms with Crippen LogP contribution < -0.4 is 10.6 Å². The first-order valence-electron chi connectivity index (χ1n) is 5.97. The molecule has 1 amide bonds. The van der Waals surface area contributed by atoms with Gasteiger partial charge in [0.2, 0.25) is 5.91 Å². The van der Waals surface area contributed by atoms with Crippen LogP contribution >= 0.6 is 0 Å². The Morgan fingerprint density at radius 3 is 2.81 bits per heavy atom. The van der Waals surface area contributed by atoms with Crippen molar-refractivity contribution in [2.45, 2.75) is 26.2 Å². The fourth-order valence-electron chi connectivity index (χ4n) is 1.10. The molecular weight excluding hydrogens is 204 g/mol. The Balaban J connectivity index is 3.12. The maximum atomic E-state index is 11.2. The third-order valence-electron chi connectivity index (χ3n) is 2.00. The minimum atomic E-state index is 0.0235. The molecule has 0 aromatic carbocycles. The second-order valence-corrected chi connectivity index (χ2v) is 3.59. The molecule has 0 spiro atoms. The number of unbranched alkanes of at least 4 members (excludes halogenated alkanes) is 1. The second kappa shape index (κ2) is 12.2. The Labute approximate surface area is 98.4 Å². The zero-order chi connectivity index (χ0) is 12.1. The molecule has 0 heterocycles. The van der Waals surface area contributed by atoms with Crippen LogP contribution in [0.5, 0.6) is 0 Å². The summed E-state index contributed by atoms with van der Waals surface area (Å²) >= 11 is 0. The molecule has 4 nitrogen and oxygen atoms in total. The average Bonchev–Trinajstić information content (AvgIpc) is 2.28. The molecule has 2 N–H and O–H groups in total. The quantitative estimate of drug-likeness (QED) is 0.411. The number of rotatable bonds is 11. The van der Waals surface area contributed by atoms with E-state index >= 15 is 0 Å². The minimum absolute atomic E-state index is 0.0235. The molecule has 4 heteroatoms. The van der Waals surface area contributed by atoms with Crippen LogP contribution in [-0.4, -0.2) is 38.8 Å². The normalized spacial score (nSPS) is 10.1. The van der Waals surface area contributed by atoms with Gasteiger partial charge in [-0.15, -0.1) is 6.58 Å². The summed E-state index contributed by atoms with van der Waals surface area (Å²) in [5.74, 6) is 0.0235. The Morgan fingerprint density at radius 1 is 1.38 bits per heavy atom. The molecule has 0 aromatic rings. The topological polar surface area (TPSA) is 50.4 Å². The molecule has 0 aromatic heterocycles. The molecule has 0 fully saturated rings. The molecule has 0 unspecified atom stereocenters. The molecule has 0 radical (unpaired) electrons. The van der Waals surface area contributed by atoms with Gasteiger partial charge in [0.1, 0.15) is 0 Å². The van der Waals surface area contributed by atoms with Crippen molar-refractivity contribution >= 4 is 5.91 Å². The van der Waals surface area contributed by atoms with Gasteiger partial charge in [-0.3, -0.25) is 4.79 Å². The first kappa shape index (κ1) is 15.1. The second-order valence-electron chi connectivity index (χ2n) is 3.59. The SMILES string of the molecule is C=CCNCC(=O)NCCCOCCCC. The number of amides is 1. The lowest BCUT2D eigenvalue weighted by atomic mass is 10.3. The number of hydrogen-bond acceptors (Lipinski definition) is 3. The number of carbonyl (C=O) groups excluding carboxylic acids is 1. The van der Waals surface area contributed by atoms with Gasteiger partial charge < -0.3 is 15.4 Å². The van der Waals surface area contributed by atoms with E-state index in [1.54, 1.807) is 6.08 Å². The number of carbonyl (C=O) groups is 1. The predicted octanol–water partition coefficient (Wildman–Crippen LogP) is 1.08.